The number of benzene rings is 6. The molecule has 0 fully saturated rings. The van der Waals surface area contributed by atoms with Gasteiger partial charge in [-0.05, 0) is 12.1 Å². The first-order valence-corrected chi connectivity index (χ1v) is 18.6. The number of carbonyl (C=O) groups is 1. The van der Waals surface area contributed by atoms with Crippen LogP contribution in [0.1, 0.15) is 16.1 Å². The maximum atomic E-state index is 15.4. The number of aromatic nitrogens is 1. The molecule has 7 aromatic rings. The Morgan fingerprint density at radius 3 is 1.03 bits per heavy atom. The molecular formula is C42H16BF20NO2S. The SMILES string of the molecule is Fc1c(F)c(F)c([B-](c2c(F)c(F)c(F)c(F)c2F)(c2c(F)c(F)c(F)c(F)c2F)c2c(F)c(F)c(F)c(F)c2F)c(F)c1F.O=C(OCS)c1ccc2ccccc2[n+]1Cc1ccccc1. The average Bonchev–Trinajstić information content (AvgIpc) is 3.32. The minimum Gasteiger partial charge on any atom is -0.447 e. The first-order valence-electron chi connectivity index (χ1n) is 18.0. The molecule has 0 saturated carbocycles. The van der Waals surface area contributed by atoms with Crippen LogP contribution < -0.4 is 26.4 Å². The molecule has 0 aliphatic rings. The summed E-state index contributed by atoms with van der Waals surface area (Å²) in [7, 11) is 0. The highest BCUT2D eigenvalue weighted by Gasteiger charge is 2.52. The number of nitrogens with zero attached hydrogens (tertiary/aromatic N) is 1. The predicted octanol–water partition coefficient (Wildman–Crippen LogP) is 9.07. The van der Waals surface area contributed by atoms with Gasteiger partial charge in [-0.25, -0.2) is 92.6 Å². The number of ether oxygens (including phenoxy) is 1. The van der Waals surface area contributed by atoms with Crippen LogP contribution in [0, 0.1) is 116 Å². The van der Waals surface area contributed by atoms with Gasteiger partial charge >= 0.3 is 5.97 Å². The molecule has 0 aliphatic heterocycles. The van der Waals surface area contributed by atoms with E-state index in [1.54, 1.807) is 6.07 Å². The summed E-state index contributed by atoms with van der Waals surface area (Å²) in [4.78, 5) is 12.2. The maximum Gasteiger partial charge on any atom is 0.404 e. The van der Waals surface area contributed by atoms with Crippen molar-refractivity contribution in [2.75, 3.05) is 5.94 Å². The normalized spacial score (nSPS) is 11.5. The number of para-hydroxylation sites is 1. The molecule has 0 unspecified atom stereocenters. The van der Waals surface area contributed by atoms with Gasteiger partial charge < -0.3 is 4.74 Å². The predicted molar refractivity (Wildman–Crippen MR) is 198 cm³/mol. The van der Waals surface area contributed by atoms with E-state index in [1.807, 2.05) is 65.2 Å². The van der Waals surface area contributed by atoms with Gasteiger partial charge in [-0.2, -0.15) is 4.57 Å². The van der Waals surface area contributed by atoms with Crippen molar-refractivity contribution in [2.24, 2.45) is 0 Å². The molecule has 0 spiro atoms. The molecule has 350 valence electrons. The second kappa shape index (κ2) is 18.8. The Kier molecular flexibility index (Phi) is 14.0. The first kappa shape index (κ1) is 49.6. The number of esters is 1. The molecule has 0 aliphatic carbocycles. The lowest BCUT2D eigenvalue weighted by Gasteiger charge is -2.44. The van der Waals surface area contributed by atoms with E-state index >= 15 is 35.1 Å². The number of halogens is 20. The van der Waals surface area contributed by atoms with E-state index in [4.69, 9.17) is 4.74 Å². The van der Waals surface area contributed by atoms with Gasteiger partial charge in [0.1, 0.15) is 58.6 Å². The average molecular weight is 989 g/mol. The van der Waals surface area contributed by atoms with Crippen molar-refractivity contribution in [3.63, 3.8) is 0 Å². The molecule has 6 aromatic carbocycles. The summed E-state index contributed by atoms with van der Waals surface area (Å²) in [5.74, 6) is -71.7. The highest BCUT2D eigenvalue weighted by atomic mass is 32.1. The summed E-state index contributed by atoms with van der Waals surface area (Å²) in [5, 5.41) is 1.08. The van der Waals surface area contributed by atoms with E-state index in [0.29, 0.717) is 12.2 Å². The number of fused-ring (bicyclic) bond motifs is 1. The number of carbonyl (C=O) groups excluding carboxylic acids is 1. The monoisotopic (exact) mass is 989 g/mol. The minimum atomic E-state index is -7.22. The summed E-state index contributed by atoms with van der Waals surface area (Å²) >= 11 is 3.96. The van der Waals surface area contributed by atoms with Gasteiger partial charge in [0, 0.05) is 23.1 Å². The smallest absolute Gasteiger partial charge is 0.404 e. The molecule has 1 heterocycles. The molecule has 0 saturated heterocycles. The van der Waals surface area contributed by atoms with E-state index in [9.17, 15) is 57.5 Å². The molecule has 0 bridgehead atoms. The zero-order valence-electron chi connectivity index (χ0n) is 32.1. The van der Waals surface area contributed by atoms with Gasteiger partial charge in [-0.3, -0.25) is 0 Å². The van der Waals surface area contributed by atoms with Crippen LogP contribution >= 0.6 is 12.6 Å². The lowest BCUT2D eigenvalue weighted by molar-refractivity contribution is -0.665. The van der Waals surface area contributed by atoms with Crippen molar-refractivity contribution < 1.29 is 102 Å². The van der Waals surface area contributed by atoms with Crippen LogP contribution in [0.2, 0.25) is 0 Å². The highest BCUT2D eigenvalue weighted by molar-refractivity contribution is 7.80. The van der Waals surface area contributed by atoms with E-state index in [1.165, 1.54) is 0 Å². The number of pyridine rings is 1. The van der Waals surface area contributed by atoms with Gasteiger partial charge in [0.15, 0.2) is 76.4 Å². The van der Waals surface area contributed by atoms with Gasteiger partial charge in [-0.15, -0.1) is 34.5 Å². The number of rotatable bonds is 8. The second-order valence-corrected chi connectivity index (χ2v) is 14.0. The molecule has 25 heteroatoms. The van der Waals surface area contributed by atoms with Gasteiger partial charge in [0.2, 0.25) is 5.52 Å². The van der Waals surface area contributed by atoms with Crippen molar-refractivity contribution in [1.82, 2.24) is 0 Å². The Balaban J connectivity index is 0.000000279. The highest BCUT2D eigenvalue weighted by Crippen LogP contribution is 2.31. The number of thiol groups is 1. The Morgan fingerprint density at radius 1 is 0.403 bits per heavy atom. The molecule has 0 atom stereocenters. The fourth-order valence-electron chi connectivity index (χ4n) is 7.38. The Morgan fingerprint density at radius 2 is 0.701 bits per heavy atom. The standard InChI is InChI=1S/C24BF20.C18H15NO2S/c26-5-1(6(27)14(35)21(42)13(5)34)25(2-7(28)15(36)22(43)16(37)8(2)29,3-9(30)17(38)23(44)18(39)10(3)31)4-11(32)19(40)24(45)20(41)12(4)33;20-18(21-13-22)17-11-10-15-8-4-5-9-16(15)19(17)12-14-6-2-1-3-7-14/h;1-11H,12-13H2/q-1;/p+1. The first-order chi connectivity index (χ1) is 31.5. The van der Waals surface area contributed by atoms with Crippen LogP contribution in [0.5, 0.6) is 0 Å². The largest absolute Gasteiger partial charge is 0.447 e. The van der Waals surface area contributed by atoms with Gasteiger partial charge in [-0.1, -0.05) is 42.5 Å². The minimum absolute atomic E-state index is 0.0665. The third-order valence-corrected chi connectivity index (χ3v) is 10.4. The summed E-state index contributed by atoms with van der Waals surface area (Å²) in [6, 6.07) is 21.8. The summed E-state index contributed by atoms with van der Waals surface area (Å²) in [6.45, 7) is 0.610. The molecule has 7 rings (SSSR count). The van der Waals surface area contributed by atoms with E-state index < -0.39 is 144 Å². The third-order valence-electron chi connectivity index (χ3n) is 10.2. The molecule has 0 radical (unpaired) electrons. The van der Waals surface area contributed by atoms with Crippen LogP contribution in [0.4, 0.5) is 87.8 Å². The van der Waals surface area contributed by atoms with Crippen molar-refractivity contribution in [3.8, 4) is 0 Å². The topological polar surface area (TPSA) is 30.2 Å². The molecule has 3 nitrogen and oxygen atoms in total. The second-order valence-electron chi connectivity index (χ2n) is 13.7. The van der Waals surface area contributed by atoms with E-state index in [-0.39, 0.29) is 11.9 Å². The van der Waals surface area contributed by atoms with Crippen molar-refractivity contribution in [1.29, 1.82) is 0 Å². The fourth-order valence-corrected chi connectivity index (χ4v) is 7.50. The Hall–Kier alpha value is -6.79. The molecule has 0 N–H and O–H groups in total. The Labute approximate surface area is 365 Å². The van der Waals surface area contributed by atoms with Crippen LogP contribution in [-0.2, 0) is 11.3 Å². The quantitative estimate of drug-likeness (QED) is 0.0241. The fraction of sp³-hybridized carbons (Fsp3) is 0.0476. The lowest BCUT2D eigenvalue weighted by atomic mass is 9.12. The maximum absolute atomic E-state index is 15.4. The van der Waals surface area contributed by atoms with Crippen molar-refractivity contribution in [2.45, 2.75) is 6.54 Å². The Bertz CT molecular complexity index is 2780. The summed E-state index contributed by atoms with van der Waals surface area (Å²) in [6.07, 6.45) is -7.22. The molecule has 1 aromatic heterocycles. The summed E-state index contributed by atoms with van der Waals surface area (Å²) < 4.78 is 301. The molecule has 0 amide bonds. The third kappa shape index (κ3) is 7.94. The lowest BCUT2D eigenvalue weighted by Crippen LogP contribution is -2.81. The van der Waals surface area contributed by atoms with Crippen molar-refractivity contribution >= 4 is 57.5 Å². The molecule has 67 heavy (non-hydrogen) atoms. The zero-order valence-corrected chi connectivity index (χ0v) is 33.0. The van der Waals surface area contributed by atoms with Crippen molar-refractivity contribution in [3.05, 3.63) is 194 Å². The number of hydrogen-bond donors (Lipinski definition) is 1. The van der Waals surface area contributed by atoms with E-state index in [2.05, 4.69) is 12.6 Å². The van der Waals surface area contributed by atoms with Gasteiger partial charge in [0.05, 0.1) is 0 Å². The van der Waals surface area contributed by atoms with Crippen LogP contribution in [0.3, 0.4) is 0 Å². The summed E-state index contributed by atoms with van der Waals surface area (Å²) in [5.41, 5.74) is -11.7. The van der Waals surface area contributed by atoms with Gasteiger partial charge in [0.25, 0.3) is 5.69 Å². The number of hydrogen-bond acceptors (Lipinski definition) is 3. The van der Waals surface area contributed by atoms with E-state index in [0.717, 1.165) is 16.5 Å². The molecular weight excluding hydrogens is 973 g/mol. The van der Waals surface area contributed by atoms with Crippen LogP contribution in [-0.4, -0.2) is 18.1 Å². The van der Waals surface area contributed by atoms with Crippen LogP contribution in [0.15, 0.2) is 66.7 Å². The zero-order chi connectivity index (χ0) is 49.7. The van der Waals surface area contributed by atoms with Crippen LogP contribution in [0.25, 0.3) is 10.9 Å².